The zero-order chi connectivity index (χ0) is 3.58. The second-order valence-corrected chi connectivity index (χ2v) is 0.455. The first-order chi connectivity index (χ1) is 1.73. The Labute approximate surface area is 25.1 Å². The fourth-order valence-corrected chi connectivity index (χ4v) is 0. The molecule has 0 rings (SSSR count). The van der Waals surface area contributed by atoms with Crippen molar-refractivity contribution < 1.29 is 0 Å². The van der Waals surface area contributed by atoms with Gasteiger partial charge in [-0.1, -0.05) is 0 Å². The van der Waals surface area contributed by atoms with E-state index in [0.29, 0.717) is 0 Å². The summed E-state index contributed by atoms with van der Waals surface area (Å²) in [6, 6.07) is 0. The van der Waals surface area contributed by atoms with Gasteiger partial charge >= 0.3 is 0 Å². The van der Waals surface area contributed by atoms with Gasteiger partial charge in [0.25, 0.3) is 0 Å². The van der Waals surface area contributed by atoms with E-state index in [1.807, 2.05) is 0 Å². The maximum Gasteiger partial charge on any atom is 0.0952 e. The molecule has 0 aliphatic rings. The maximum absolute atomic E-state index is 6.06. The minimum Gasteiger partial charge on any atom is -0.387 e. The molecule has 0 bridgehead atoms. The van der Waals surface area contributed by atoms with Crippen LogP contribution >= 0.6 is 0 Å². The van der Waals surface area contributed by atoms with Gasteiger partial charge in [-0.05, 0) is 0 Å². The fourth-order valence-electron chi connectivity index (χ4n) is 0. The molecule has 2 heteroatoms. The number of nitrogens with two attached hydrogens (primary N) is 1. The van der Waals surface area contributed by atoms with Gasteiger partial charge in [0.05, 0.1) is 5.84 Å². The smallest absolute Gasteiger partial charge is 0.0952 e. The first-order valence-corrected chi connectivity index (χ1v) is 0.827. The van der Waals surface area contributed by atoms with E-state index >= 15 is 0 Å². The predicted molar refractivity (Wildman–Crippen MR) is 16.2 cm³/mol. The Bertz CT molecular complexity index is 27.0. The Hall–Kier alpha value is -0.530. The molecule has 0 saturated carbocycles. The summed E-state index contributed by atoms with van der Waals surface area (Å²) < 4.78 is 0. The minimum absolute atomic E-state index is 0.333. The first kappa shape index (κ1) is 3.47. The first-order valence-electron chi connectivity index (χ1n) is 0.827. The van der Waals surface area contributed by atoms with Gasteiger partial charge in [0.1, 0.15) is 0 Å². The zero-order valence-electron chi connectivity index (χ0n) is 2.15. The van der Waals surface area contributed by atoms with Gasteiger partial charge in [-0.2, -0.15) is 0 Å². The molecule has 0 fully saturated rings. The Morgan fingerprint density at radius 2 is 2.00 bits per heavy atom. The van der Waals surface area contributed by atoms with E-state index in [9.17, 15) is 0 Å². The standard InChI is InChI=1S/C2H4N2/c1-2(3)4/h1H,(H3,3,4). The highest BCUT2D eigenvalue weighted by Crippen LogP contribution is 1.34. The Morgan fingerprint density at radius 1 is 2.00 bits per heavy atom. The summed E-state index contributed by atoms with van der Waals surface area (Å²) in [5, 5.41) is 6.06. The largest absolute Gasteiger partial charge is 0.387 e. The van der Waals surface area contributed by atoms with Gasteiger partial charge in [0.2, 0.25) is 0 Å². The normalized spacial score (nSPS) is 6.25. The Morgan fingerprint density at radius 3 is 2.00 bits per heavy atom. The monoisotopic (exact) mass is 56.0 g/mol. The van der Waals surface area contributed by atoms with Crippen molar-refractivity contribution >= 4 is 5.84 Å². The molecule has 0 amide bonds. The summed E-state index contributed by atoms with van der Waals surface area (Å²) in [5.74, 6) is -0.333. The Kier molecular flexibility index (Phi) is 0.759. The van der Waals surface area contributed by atoms with Gasteiger partial charge < -0.3 is 5.73 Å². The van der Waals surface area contributed by atoms with Crippen LogP contribution in [-0.2, 0) is 0 Å². The van der Waals surface area contributed by atoms with E-state index < -0.39 is 0 Å². The van der Waals surface area contributed by atoms with Crippen LogP contribution in [0.2, 0.25) is 0 Å². The average Bonchev–Trinajstić information content (AvgIpc) is 0.811. The van der Waals surface area contributed by atoms with Crippen LogP contribution in [0, 0.1) is 12.3 Å². The van der Waals surface area contributed by atoms with Crippen LogP contribution in [0.25, 0.3) is 0 Å². The van der Waals surface area contributed by atoms with E-state index in [4.69, 9.17) is 5.41 Å². The SMILES string of the molecule is [CH]C(=N)N. The van der Waals surface area contributed by atoms with Gasteiger partial charge in [-0.25, -0.2) is 0 Å². The van der Waals surface area contributed by atoms with Crippen molar-refractivity contribution in [2.75, 3.05) is 0 Å². The number of hydrogen-bond donors (Lipinski definition) is 2. The predicted octanol–water partition coefficient (Wildman–Crippen LogP) is -0.367. The Balaban J connectivity index is 2.80. The number of hydrogen-bond acceptors (Lipinski definition) is 1. The molecule has 0 aromatic rings. The molecule has 2 radical (unpaired) electrons. The molecule has 22 valence electrons. The van der Waals surface area contributed by atoms with E-state index in [1.165, 1.54) is 0 Å². The van der Waals surface area contributed by atoms with E-state index in [2.05, 4.69) is 12.7 Å². The molecule has 0 spiro atoms. The molecule has 0 atom stereocenters. The van der Waals surface area contributed by atoms with Gasteiger partial charge in [0.15, 0.2) is 0 Å². The molecule has 0 heterocycles. The highest BCUT2D eigenvalue weighted by Gasteiger charge is 1.55. The highest BCUT2D eigenvalue weighted by molar-refractivity contribution is 5.80. The average molecular weight is 56.1 g/mol. The molecular formula is C2H4N2. The van der Waals surface area contributed by atoms with E-state index in [0.717, 1.165) is 0 Å². The second kappa shape index (κ2) is 0.875. The summed E-state index contributed by atoms with van der Waals surface area (Å²) in [5.41, 5.74) is 4.47. The van der Waals surface area contributed by atoms with Crippen LogP contribution < -0.4 is 5.73 Å². The topological polar surface area (TPSA) is 49.9 Å². The molecular weight excluding hydrogens is 52.0 g/mol. The molecule has 0 unspecified atom stereocenters. The second-order valence-electron chi connectivity index (χ2n) is 0.455. The van der Waals surface area contributed by atoms with Crippen LogP contribution in [0.4, 0.5) is 0 Å². The molecule has 0 aliphatic heterocycles. The van der Waals surface area contributed by atoms with Gasteiger partial charge in [0, 0.05) is 6.92 Å². The molecule has 0 aliphatic carbocycles. The summed E-state index contributed by atoms with van der Waals surface area (Å²) in [4.78, 5) is 0. The lowest BCUT2D eigenvalue weighted by Gasteiger charge is -1.65. The molecule has 0 saturated heterocycles. The van der Waals surface area contributed by atoms with Crippen LogP contribution in [0.15, 0.2) is 0 Å². The van der Waals surface area contributed by atoms with E-state index in [1.54, 1.807) is 0 Å². The molecule has 0 aromatic heterocycles. The molecule has 4 heavy (non-hydrogen) atoms. The highest BCUT2D eigenvalue weighted by atomic mass is 14.7. The maximum atomic E-state index is 6.06. The van der Waals surface area contributed by atoms with Crippen molar-refractivity contribution in [1.29, 1.82) is 5.41 Å². The summed E-state index contributed by atoms with van der Waals surface area (Å²) >= 11 is 0. The van der Waals surface area contributed by atoms with Crippen LogP contribution in [-0.4, -0.2) is 5.84 Å². The third kappa shape index (κ3) is 1.16. The lowest BCUT2D eigenvalue weighted by Crippen LogP contribution is -2.01. The van der Waals surface area contributed by atoms with Crippen molar-refractivity contribution in [3.05, 3.63) is 6.92 Å². The van der Waals surface area contributed by atoms with Crippen molar-refractivity contribution in [1.82, 2.24) is 0 Å². The van der Waals surface area contributed by atoms with Crippen LogP contribution in [0.1, 0.15) is 0 Å². The minimum atomic E-state index is -0.333. The number of nitrogens with one attached hydrogen (secondary N) is 1. The lowest BCUT2D eigenvalue weighted by molar-refractivity contribution is 1.47. The van der Waals surface area contributed by atoms with Crippen molar-refractivity contribution in [2.24, 2.45) is 5.73 Å². The van der Waals surface area contributed by atoms with Crippen LogP contribution in [0.5, 0.6) is 0 Å². The molecule has 2 nitrogen and oxygen atoms in total. The van der Waals surface area contributed by atoms with Crippen molar-refractivity contribution in [3.8, 4) is 0 Å². The third-order valence-electron chi connectivity index (χ3n) is 0. The molecule has 0 aromatic carbocycles. The van der Waals surface area contributed by atoms with Crippen molar-refractivity contribution in [3.63, 3.8) is 0 Å². The zero-order valence-corrected chi connectivity index (χ0v) is 2.15. The summed E-state index contributed by atoms with van der Waals surface area (Å²) in [6.07, 6.45) is 0. The van der Waals surface area contributed by atoms with Gasteiger partial charge in [-0.15, -0.1) is 0 Å². The fraction of sp³-hybridized carbons (Fsp3) is 0. The lowest BCUT2D eigenvalue weighted by atomic mass is 10.8. The quantitative estimate of drug-likeness (QED) is 0.289. The summed E-state index contributed by atoms with van der Waals surface area (Å²) in [6.45, 7) is 4.47. The third-order valence-corrected chi connectivity index (χ3v) is 0. The van der Waals surface area contributed by atoms with Crippen LogP contribution in [0.3, 0.4) is 0 Å². The number of rotatable bonds is 0. The number of amidine groups is 1. The molecule has 3 N–H and O–H groups in total. The summed E-state index contributed by atoms with van der Waals surface area (Å²) in [7, 11) is 0. The van der Waals surface area contributed by atoms with Crippen molar-refractivity contribution in [2.45, 2.75) is 0 Å². The van der Waals surface area contributed by atoms with Gasteiger partial charge in [-0.3, -0.25) is 5.41 Å². The van der Waals surface area contributed by atoms with E-state index in [-0.39, 0.29) is 5.84 Å².